The Morgan fingerprint density at radius 3 is 2.38 bits per heavy atom. The third-order valence-electron chi connectivity index (χ3n) is 12.1. The molecule has 2 N–H and O–H groups in total. The van der Waals surface area contributed by atoms with Gasteiger partial charge in [0.15, 0.2) is 0 Å². The van der Waals surface area contributed by atoms with Gasteiger partial charge in [0.2, 0.25) is 11.8 Å². The van der Waals surface area contributed by atoms with Crippen LogP contribution in [-0.4, -0.2) is 96.8 Å². The molecule has 1 spiro atoms. The molecule has 0 saturated carbocycles. The smallest absolute Gasteiger partial charge is 0.282 e. The molecule has 1 aromatic heterocycles. The van der Waals surface area contributed by atoms with E-state index < -0.39 is 0 Å². The van der Waals surface area contributed by atoms with Crippen LogP contribution in [0.5, 0.6) is 5.75 Å². The fourth-order valence-corrected chi connectivity index (χ4v) is 9.49. The molecule has 3 atom stereocenters. The lowest BCUT2D eigenvalue weighted by Crippen LogP contribution is -2.48. The molecule has 4 aliphatic heterocycles. The number of piperidine rings is 4. The lowest BCUT2D eigenvalue weighted by Gasteiger charge is -2.47. The van der Waals surface area contributed by atoms with Gasteiger partial charge in [0.1, 0.15) is 10.2 Å². The van der Waals surface area contributed by atoms with Crippen LogP contribution in [0.1, 0.15) is 83.8 Å². The summed E-state index contributed by atoms with van der Waals surface area (Å²) < 4.78 is 7.60. The minimum absolute atomic E-state index is 0.103. The van der Waals surface area contributed by atoms with Gasteiger partial charge < -0.3 is 24.8 Å². The number of likely N-dealkylation sites (N-methyl/N-ethyl adjacent to an activating group) is 1. The van der Waals surface area contributed by atoms with Gasteiger partial charge in [0, 0.05) is 81.7 Å². The van der Waals surface area contributed by atoms with E-state index in [1.165, 1.54) is 10.2 Å². The number of aryl methyl sites for hydroxylation is 2. The Morgan fingerprint density at radius 2 is 1.70 bits per heavy atom. The third-order valence-corrected chi connectivity index (χ3v) is 12.9. The molecular formula is C40H50BrN7O5. The first-order valence-electron chi connectivity index (χ1n) is 18.8. The number of hydrogen-bond donors (Lipinski definition) is 2. The molecule has 0 radical (unpaired) electrons. The van der Waals surface area contributed by atoms with Crippen molar-refractivity contribution in [1.29, 1.82) is 0 Å². The van der Waals surface area contributed by atoms with Crippen molar-refractivity contribution in [2.75, 3.05) is 63.6 Å². The Kier molecular flexibility index (Phi) is 10.7. The van der Waals surface area contributed by atoms with Crippen molar-refractivity contribution in [2.45, 2.75) is 69.7 Å². The number of hydrogen-bond acceptors (Lipinski definition) is 9. The summed E-state index contributed by atoms with van der Waals surface area (Å²) in [6.45, 7) is 7.20. The molecule has 1 unspecified atom stereocenters. The van der Waals surface area contributed by atoms with Crippen molar-refractivity contribution in [1.82, 2.24) is 24.9 Å². The summed E-state index contributed by atoms with van der Waals surface area (Å²) in [6.07, 6.45) is 7.57. The van der Waals surface area contributed by atoms with E-state index in [1.807, 2.05) is 30.0 Å². The number of aromatic nitrogens is 2. The molecule has 2 aromatic carbocycles. The van der Waals surface area contributed by atoms with Crippen molar-refractivity contribution in [3.8, 4) is 5.75 Å². The number of carbonyl (C=O) groups is 3. The number of rotatable bonds is 7. The average molecular weight is 789 g/mol. The van der Waals surface area contributed by atoms with Gasteiger partial charge >= 0.3 is 0 Å². The lowest BCUT2D eigenvalue weighted by atomic mass is 9.71. The van der Waals surface area contributed by atoms with Crippen LogP contribution in [0.3, 0.4) is 0 Å². The van der Waals surface area contributed by atoms with Gasteiger partial charge in [0.05, 0.1) is 24.9 Å². The minimum atomic E-state index is -0.387. The summed E-state index contributed by atoms with van der Waals surface area (Å²) in [5.74, 6) is 0.241. The quantitative estimate of drug-likeness (QED) is 0.325. The van der Waals surface area contributed by atoms with E-state index in [2.05, 4.69) is 66.7 Å². The molecule has 3 amide bonds. The summed E-state index contributed by atoms with van der Waals surface area (Å²) in [5.41, 5.74) is 5.69. The van der Waals surface area contributed by atoms with Crippen LogP contribution in [0.4, 0.5) is 11.4 Å². The van der Waals surface area contributed by atoms with Gasteiger partial charge in [-0.3, -0.25) is 24.5 Å². The Balaban J connectivity index is 0.929. The maximum absolute atomic E-state index is 13.7. The van der Waals surface area contributed by atoms with Crippen LogP contribution in [0.25, 0.3) is 0 Å². The zero-order chi connectivity index (χ0) is 37.4. The van der Waals surface area contributed by atoms with Crippen molar-refractivity contribution < 1.29 is 19.1 Å². The second kappa shape index (κ2) is 15.3. The SMILES string of the molecule is COc1cc(N2CCC3(CCN(C(=O)c4ccc([C@H]5C[C@@H](Nc6cnn(C)c(=O)c6Br)CN(C)C5)cc4)CC3)CC2)cc(C)c1C1CCC(=O)NC1=O. The molecule has 3 aromatic rings. The number of amides is 3. The number of halogens is 1. The van der Waals surface area contributed by atoms with Crippen LogP contribution in [0.2, 0.25) is 0 Å². The summed E-state index contributed by atoms with van der Waals surface area (Å²) in [4.78, 5) is 57.2. The van der Waals surface area contributed by atoms with Crippen LogP contribution in [0.15, 0.2) is 51.9 Å². The Morgan fingerprint density at radius 1 is 1.00 bits per heavy atom. The molecule has 0 bridgehead atoms. The largest absolute Gasteiger partial charge is 0.496 e. The molecule has 7 rings (SSSR count). The molecule has 4 aliphatic rings. The maximum Gasteiger partial charge on any atom is 0.282 e. The second-order valence-corrected chi connectivity index (χ2v) is 16.4. The number of nitrogens with zero attached hydrogens (tertiary/aromatic N) is 5. The summed E-state index contributed by atoms with van der Waals surface area (Å²) in [7, 11) is 5.39. The fourth-order valence-electron chi connectivity index (χ4n) is 9.02. The maximum atomic E-state index is 13.7. The molecule has 13 heteroatoms. The summed E-state index contributed by atoms with van der Waals surface area (Å²) in [6, 6.07) is 12.5. The number of anilines is 2. The minimum Gasteiger partial charge on any atom is -0.496 e. The van der Waals surface area contributed by atoms with Gasteiger partial charge in [-0.25, -0.2) is 4.68 Å². The number of methoxy groups -OCH3 is 1. The first kappa shape index (κ1) is 37.1. The fraction of sp³-hybridized carbons (Fsp3) is 0.525. The van der Waals surface area contributed by atoms with Crippen molar-refractivity contribution in [2.24, 2.45) is 12.5 Å². The highest BCUT2D eigenvalue weighted by Crippen LogP contribution is 2.44. The second-order valence-electron chi connectivity index (χ2n) is 15.6. The van der Waals surface area contributed by atoms with Crippen molar-refractivity contribution >= 4 is 45.0 Å². The standard InChI is InChI=1S/C40H50BrN7O5/c1-25-19-30(21-33(53-4)35(25)31-9-10-34(49)44-37(31)50)47-15-11-40(12-16-47)13-17-48(18-14-40)38(51)27-7-5-26(6-8-27)28-20-29(24-45(2)23-28)43-32-22-42-46(3)39(52)36(32)41/h5-8,19,21-22,28-29,31,43H,9-18,20,23-24H2,1-4H3,(H,44,49,50)/t28-,29+,31?/m0/s1. The predicted octanol–water partition coefficient (Wildman–Crippen LogP) is 4.80. The monoisotopic (exact) mass is 787 g/mol. The number of imide groups is 1. The summed E-state index contributed by atoms with van der Waals surface area (Å²) in [5, 5.41) is 10.2. The van der Waals surface area contributed by atoms with Gasteiger partial charge in [-0.2, -0.15) is 5.10 Å². The molecular weight excluding hydrogens is 738 g/mol. The zero-order valence-electron chi connectivity index (χ0n) is 31.1. The molecule has 4 fully saturated rings. The number of likely N-dealkylation sites (tertiary alicyclic amines) is 2. The van der Waals surface area contributed by atoms with E-state index in [9.17, 15) is 19.2 Å². The predicted molar refractivity (Wildman–Crippen MR) is 208 cm³/mol. The first-order valence-corrected chi connectivity index (χ1v) is 19.6. The van der Waals surface area contributed by atoms with Gasteiger partial charge in [-0.1, -0.05) is 12.1 Å². The molecule has 4 saturated heterocycles. The number of carbonyl (C=O) groups excluding carboxylic acids is 3. The molecule has 0 aliphatic carbocycles. The number of ether oxygens (including phenoxy) is 1. The zero-order valence-corrected chi connectivity index (χ0v) is 32.7. The highest BCUT2D eigenvalue weighted by Gasteiger charge is 2.39. The van der Waals surface area contributed by atoms with Crippen molar-refractivity contribution in [3.63, 3.8) is 0 Å². The summed E-state index contributed by atoms with van der Waals surface area (Å²) >= 11 is 3.43. The van der Waals surface area contributed by atoms with E-state index >= 15 is 0 Å². The van der Waals surface area contributed by atoms with Gasteiger partial charge in [-0.15, -0.1) is 0 Å². The van der Waals surface area contributed by atoms with Crippen molar-refractivity contribution in [3.05, 3.63) is 79.7 Å². The highest BCUT2D eigenvalue weighted by atomic mass is 79.9. The van der Waals surface area contributed by atoms with Crippen LogP contribution in [0, 0.1) is 12.3 Å². The number of benzene rings is 2. The van der Waals surface area contributed by atoms with Crippen LogP contribution in [-0.2, 0) is 16.6 Å². The number of nitrogens with one attached hydrogen (secondary N) is 2. The topological polar surface area (TPSA) is 129 Å². The average Bonchev–Trinajstić information content (AvgIpc) is 3.15. The molecule has 53 heavy (non-hydrogen) atoms. The van der Waals surface area contributed by atoms with E-state index in [1.54, 1.807) is 20.4 Å². The first-order chi connectivity index (χ1) is 25.4. The highest BCUT2D eigenvalue weighted by molar-refractivity contribution is 9.10. The van der Waals surface area contributed by atoms with E-state index in [0.29, 0.717) is 34.7 Å². The Labute approximate surface area is 319 Å². The van der Waals surface area contributed by atoms with Gasteiger partial charge in [-0.05, 0) is 109 Å². The Bertz CT molecular complexity index is 1930. The van der Waals surface area contributed by atoms with Crippen LogP contribution >= 0.6 is 15.9 Å². The van der Waals surface area contributed by atoms with Crippen LogP contribution < -0.4 is 25.8 Å². The Hall–Kier alpha value is -4.23. The molecule has 12 nitrogen and oxygen atoms in total. The van der Waals surface area contributed by atoms with E-state index in [4.69, 9.17) is 4.74 Å². The van der Waals surface area contributed by atoms with E-state index in [-0.39, 0.29) is 40.7 Å². The van der Waals surface area contributed by atoms with E-state index in [0.717, 1.165) is 93.8 Å². The third kappa shape index (κ3) is 7.73. The van der Waals surface area contributed by atoms with Gasteiger partial charge in [0.25, 0.3) is 11.5 Å². The molecule has 282 valence electrons. The molecule has 5 heterocycles. The lowest BCUT2D eigenvalue weighted by molar-refractivity contribution is -0.134. The normalized spacial score (nSPS) is 23.5.